The molecule has 320 valence electrons. The van der Waals surface area contributed by atoms with E-state index in [1.54, 1.807) is 52.7 Å². The quantitative estimate of drug-likeness (QED) is 0.0731. The van der Waals surface area contributed by atoms with Crippen molar-refractivity contribution in [1.29, 1.82) is 0 Å². The van der Waals surface area contributed by atoms with Gasteiger partial charge in [-0.25, -0.2) is 0 Å². The molecule has 0 spiro atoms. The molecule has 3 aromatic carbocycles. The molecule has 0 fully saturated rings. The van der Waals surface area contributed by atoms with Gasteiger partial charge in [-0.3, -0.25) is 0 Å². The van der Waals surface area contributed by atoms with E-state index in [1.165, 1.54) is 56.3 Å². The Hall–Kier alpha value is -3.33. The summed E-state index contributed by atoms with van der Waals surface area (Å²) in [5.41, 5.74) is 9.35. The molecule has 0 saturated carbocycles. The van der Waals surface area contributed by atoms with Crippen molar-refractivity contribution in [1.82, 2.24) is 0 Å². The van der Waals surface area contributed by atoms with Crippen LogP contribution < -0.4 is 23.1 Å². The van der Waals surface area contributed by atoms with Crippen LogP contribution in [0.1, 0.15) is 114 Å². The second kappa shape index (κ2) is 25.4. The van der Waals surface area contributed by atoms with Crippen molar-refractivity contribution < 1.29 is 47.9 Å². The molecule has 2 aliphatic rings. The van der Waals surface area contributed by atoms with Gasteiger partial charge in [0.15, 0.2) is 0 Å². The number of aryl methyl sites for hydroxylation is 2. The summed E-state index contributed by atoms with van der Waals surface area (Å²) in [5, 5.41) is 0. The molecule has 0 aliphatic heterocycles. The van der Waals surface area contributed by atoms with Crippen molar-refractivity contribution in [3.8, 4) is 28.7 Å². The van der Waals surface area contributed by atoms with Gasteiger partial charge in [0.25, 0.3) is 0 Å². The van der Waals surface area contributed by atoms with E-state index < -0.39 is 10.1 Å². The minimum absolute atomic E-state index is 0.0268. The number of rotatable bonds is 13. The van der Waals surface area contributed by atoms with Crippen molar-refractivity contribution in [3.63, 3.8) is 0 Å². The maximum absolute atomic E-state index is 12.8. The zero-order chi connectivity index (χ0) is 44.4. The number of allylic oxidation sites excluding steroid dienone is 6. The first kappa shape index (κ1) is 51.8. The Labute approximate surface area is 373 Å². The van der Waals surface area contributed by atoms with Crippen LogP contribution in [0.2, 0.25) is 0 Å². The molecule has 0 radical (unpaired) electrons. The molecule has 5 rings (SSSR count). The van der Waals surface area contributed by atoms with E-state index in [-0.39, 0.29) is 28.4 Å². The third-order valence-electron chi connectivity index (χ3n) is 10.6. The standard InChI is InChI=1S/C25H30O5S.C21H30O2.C3H7.BrH.Zn/c1-16(2)21-12-9-18(4)13-22(21)25-23(28-5)14-19(15-24(25)29-6)30-31(26,27)20-10-7-17(3)8-11-20;1-7-8-16-12-19(22-5)21(20(13-16)23-6)18-11-15(4)9-10-17(18)14(2)3;1-3-2;;/h7-8,10-11,13-15,21-22H,1,9,12H2,2-6H3;11-13,17-18H,2,7-10H2,1,3-6H3;1,3H2,2H3;1H;/q;;-1;;+2/p-1/t21-,22+;17-,18+;;;/m00.../s1. The van der Waals surface area contributed by atoms with Gasteiger partial charge in [0, 0.05) is 35.1 Å². The van der Waals surface area contributed by atoms with Crippen molar-refractivity contribution in [2.45, 2.75) is 110 Å². The molecule has 0 saturated heterocycles. The number of ether oxygens (including phenoxy) is 4. The summed E-state index contributed by atoms with van der Waals surface area (Å²) >= 11 is 4.25. The zero-order valence-electron chi connectivity index (χ0n) is 37.5. The van der Waals surface area contributed by atoms with E-state index in [1.807, 2.05) is 20.8 Å². The fourth-order valence-electron chi connectivity index (χ4n) is 7.74. The number of methoxy groups -OCH3 is 4. The summed E-state index contributed by atoms with van der Waals surface area (Å²) in [4.78, 5) is 0.0910. The first-order valence-corrected chi connectivity index (χ1v) is 28.7. The van der Waals surface area contributed by atoms with Crippen LogP contribution in [0.3, 0.4) is 0 Å². The van der Waals surface area contributed by atoms with Crippen LogP contribution in [-0.4, -0.2) is 36.9 Å². The van der Waals surface area contributed by atoms with Gasteiger partial charge in [0.05, 0.1) is 28.4 Å². The van der Waals surface area contributed by atoms with Gasteiger partial charge in [-0.2, -0.15) is 14.8 Å². The molecule has 0 N–H and O–H groups in total. The summed E-state index contributed by atoms with van der Waals surface area (Å²) < 4.78 is 53.8. The summed E-state index contributed by atoms with van der Waals surface area (Å²) in [6.45, 7) is 26.5. The molecule has 59 heavy (non-hydrogen) atoms. The third-order valence-corrected chi connectivity index (χ3v) is 11.9. The van der Waals surface area contributed by atoms with Crippen LogP contribution in [-0.2, 0) is 32.9 Å². The topological polar surface area (TPSA) is 80.3 Å². The minimum atomic E-state index is -3.99. The first-order valence-electron chi connectivity index (χ1n) is 20.3. The Kier molecular flexibility index (Phi) is 22.3. The van der Waals surface area contributed by atoms with Gasteiger partial charge >= 0.3 is 40.1 Å². The van der Waals surface area contributed by atoms with Gasteiger partial charge in [-0.1, -0.05) is 85.6 Å². The summed E-state index contributed by atoms with van der Waals surface area (Å²) in [6.07, 6.45) is 12.1. The van der Waals surface area contributed by atoms with Crippen molar-refractivity contribution in [2.75, 3.05) is 28.4 Å². The summed E-state index contributed by atoms with van der Waals surface area (Å²) in [6, 6.07) is 14.1. The van der Waals surface area contributed by atoms with Gasteiger partial charge in [0.2, 0.25) is 0 Å². The molecule has 3 aromatic rings. The van der Waals surface area contributed by atoms with E-state index in [4.69, 9.17) is 23.1 Å². The summed E-state index contributed by atoms with van der Waals surface area (Å²) in [5.74, 6) is 4.06. The molecular weight excluding hydrogens is 878 g/mol. The molecule has 0 aromatic heterocycles. The zero-order valence-corrected chi connectivity index (χ0v) is 42.9. The normalized spacial score (nSPS) is 18.4. The Morgan fingerprint density at radius 3 is 1.44 bits per heavy atom. The number of hydrogen-bond donors (Lipinski definition) is 0. The molecule has 0 unspecified atom stereocenters. The Balaban J connectivity index is 0.000000380. The molecule has 10 heteroatoms. The molecule has 0 bridgehead atoms. The van der Waals surface area contributed by atoms with Gasteiger partial charge in [0.1, 0.15) is 33.6 Å². The maximum atomic E-state index is 12.8. The number of halogens is 1. The van der Waals surface area contributed by atoms with Crippen molar-refractivity contribution >= 4 is 23.7 Å². The van der Waals surface area contributed by atoms with Crippen molar-refractivity contribution in [3.05, 3.63) is 125 Å². The number of benzene rings is 3. The van der Waals surface area contributed by atoms with Crippen LogP contribution in [0.15, 0.2) is 101 Å². The molecule has 0 amide bonds. The monoisotopic (exact) mass is 942 g/mol. The Bertz CT molecular complexity index is 1950. The fourth-order valence-corrected chi connectivity index (χ4v) is 8.65. The van der Waals surface area contributed by atoms with E-state index >= 15 is 0 Å². The van der Waals surface area contributed by atoms with Crippen LogP contribution in [0.4, 0.5) is 0 Å². The Morgan fingerprint density at radius 1 is 0.729 bits per heavy atom. The predicted octanol–water partition coefficient (Wildman–Crippen LogP) is 13.5. The second-order valence-electron chi connectivity index (χ2n) is 15.3. The van der Waals surface area contributed by atoms with E-state index in [2.05, 4.69) is 85.7 Å². The van der Waals surface area contributed by atoms with Gasteiger partial charge < -0.3 is 30.1 Å². The molecule has 4 atom stereocenters. The SMILES string of the molecule is C=C(C)[C@@H]1CCC(C)=C[C@H]1c1c(OC)cc(CCC)cc1OC.C=C(C)[C@@H]1CCC(C)=C[C@H]1c1c(OC)cc(OS(=O)(=O)c2ccc(C)cc2)cc1OC.[CH2-]CC.[Zn+][Br]. The van der Waals surface area contributed by atoms with E-state index in [0.717, 1.165) is 73.1 Å². The predicted molar refractivity (Wildman–Crippen MR) is 245 cm³/mol. The number of hydrogen-bond acceptors (Lipinski definition) is 7. The Morgan fingerprint density at radius 2 is 1.10 bits per heavy atom. The molecule has 7 nitrogen and oxygen atoms in total. The first-order chi connectivity index (χ1) is 28.1. The van der Waals surface area contributed by atoms with E-state index in [9.17, 15) is 8.42 Å². The van der Waals surface area contributed by atoms with Gasteiger partial charge in [-0.05, 0) is 108 Å². The van der Waals surface area contributed by atoms with Crippen LogP contribution >= 0.6 is 13.6 Å². The van der Waals surface area contributed by atoms with Crippen LogP contribution in [0.25, 0.3) is 0 Å². The molecule has 2 aliphatic carbocycles. The summed E-state index contributed by atoms with van der Waals surface area (Å²) in [7, 11) is 2.64. The average molecular weight is 945 g/mol. The van der Waals surface area contributed by atoms with Gasteiger partial charge in [-0.15, -0.1) is 0 Å². The second-order valence-corrected chi connectivity index (χ2v) is 16.9. The van der Waals surface area contributed by atoms with Crippen molar-refractivity contribution in [2.24, 2.45) is 11.8 Å². The average Bonchev–Trinajstić information content (AvgIpc) is 3.21. The van der Waals surface area contributed by atoms with Crippen LogP contribution in [0, 0.1) is 25.7 Å². The van der Waals surface area contributed by atoms with Crippen LogP contribution in [0.5, 0.6) is 28.7 Å². The fraction of sp³-hybridized carbons (Fsp3) is 0.449. The molecule has 0 heterocycles. The molecular formula is C49H67BrO7SZn. The van der Waals surface area contributed by atoms with E-state index in [0.29, 0.717) is 17.4 Å². The third kappa shape index (κ3) is 14.4.